The smallest absolute Gasteiger partial charge is 0.214 e. The maximum absolute atomic E-state index is 10.8. The van der Waals surface area contributed by atoms with Gasteiger partial charge in [-0.25, -0.2) is 0 Å². The van der Waals surface area contributed by atoms with Gasteiger partial charge in [0, 0.05) is 13.0 Å². The molecule has 0 atom stereocenters. The minimum absolute atomic E-state index is 0.173. The van der Waals surface area contributed by atoms with Crippen LogP contribution < -0.4 is 0 Å². The van der Waals surface area contributed by atoms with Crippen LogP contribution >= 0.6 is 0 Å². The fraction of sp³-hybridized carbons (Fsp3) is 0.800. The summed E-state index contributed by atoms with van der Waals surface area (Å²) in [4.78, 5) is 10.8. The second kappa shape index (κ2) is 2.30. The van der Waals surface area contributed by atoms with E-state index in [2.05, 4.69) is 6.55 Å². The molecule has 1 aliphatic heterocycles. The summed E-state index contributed by atoms with van der Waals surface area (Å²) in [6.07, 6.45) is 1.90. The number of nitrogens with zero attached hydrogens (tertiary/aromatic N) is 1. The van der Waals surface area contributed by atoms with Crippen LogP contribution in [0.3, 0.4) is 0 Å². The summed E-state index contributed by atoms with van der Waals surface area (Å²) in [6, 6.07) is 0. The zero-order valence-electron chi connectivity index (χ0n) is 5.18. The summed E-state index contributed by atoms with van der Waals surface area (Å²) in [5.74, 6) is 0.388. The first-order valence-corrected chi connectivity index (χ1v) is 5.17. The predicted molar refractivity (Wildman–Crippen MR) is 35.4 cm³/mol. The highest BCUT2D eigenvalue weighted by Gasteiger charge is 2.16. The Hall–Kier alpha value is -0.313. The molecule has 0 N–H and O–H groups in total. The van der Waals surface area contributed by atoms with Crippen LogP contribution in [0, 0.1) is 0 Å². The Morgan fingerprint density at radius 1 is 1.75 bits per heavy atom. The second-order valence-corrected chi connectivity index (χ2v) is 3.47. The molecule has 0 saturated carbocycles. The van der Waals surface area contributed by atoms with E-state index < -0.39 is 0 Å². The molecular formula is C5H11NOSi. The van der Waals surface area contributed by atoms with E-state index in [1.54, 1.807) is 0 Å². The fourth-order valence-electron chi connectivity index (χ4n) is 1.04. The van der Waals surface area contributed by atoms with E-state index in [0.717, 1.165) is 19.4 Å². The van der Waals surface area contributed by atoms with E-state index in [9.17, 15) is 4.79 Å². The molecular weight excluding hydrogens is 118 g/mol. The summed E-state index contributed by atoms with van der Waals surface area (Å²) >= 11 is 0. The zero-order chi connectivity index (χ0) is 5.98. The maximum atomic E-state index is 10.8. The van der Waals surface area contributed by atoms with Crippen LogP contribution in [-0.4, -0.2) is 26.7 Å². The standard InChI is InChI=1S/C5H11NOSi/c1-8-6-4-2-3-5(6)7/h2-4,8H2,1H3. The summed E-state index contributed by atoms with van der Waals surface area (Å²) in [5.41, 5.74) is 0. The highest BCUT2D eigenvalue weighted by molar-refractivity contribution is 6.35. The van der Waals surface area contributed by atoms with Gasteiger partial charge >= 0.3 is 0 Å². The second-order valence-electron chi connectivity index (χ2n) is 2.08. The fourth-order valence-corrected chi connectivity index (χ4v) is 2.09. The maximum Gasteiger partial charge on any atom is 0.214 e. The Balaban J connectivity index is 2.42. The number of rotatable bonds is 1. The van der Waals surface area contributed by atoms with Crippen LogP contribution in [0.15, 0.2) is 0 Å². The van der Waals surface area contributed by atoms with Gasteiger partial charge in [0.05, 0.1) is 0 Å². The Morgan fingerprint density at radius 2 is 2.50 bits per heavy atom. The molecule has 0 aromatic rings. The third-order valence-corrected chi connectivity index (χ3v) is 2.99. The highest BCUT2D eigenvalue weighted by atomic mass is 28.2. The Kier molecular flexibility index (Phi) is 1.68. The monoisotopic (exact) mass is 129 g/mol. The van der Waals surface area contributed by atoms with E-state index >= 15 is 0 Å². The van der Waals surface area contributed by atoms with Gasteiger partial charge in [-0.1, -0.05) is 6.55 Å². The van der Waals surface area contributed by atoms with Crippen molar-refractivity contribution in [2.24, 2.45) is 0 Å². The lowest BCUT2D eigenvalue weighted by atomic mass is 10.4. The van der Waals surface area contributed by atoms with Crippen molar-refractivity contribution in [3.05, 3.63) is 0 Å². The van der Waals surface area contributed by atoms with E-state index in [1.807, 2.05) is 4.57 Å². The Labute approximate surface area is 51.8 Å². The predicted octanol–water partition coefficient (Wildman–Crippen LogP) is -0.259. The lowest BCUT2D eigenvalue weighted by Crippen LogP contribution is -2.26. The SMILES string of the molecule is C[SiH2]N1CCCC1=O. The molecule has 0 bridgehead atoms. The number of carbonyl (C=O) groups excluding carboxylic acids is 1. The molecule has 8 heavy (non-hydrogen) atoms. The van der Waals surface area contributed by atoms with Crippen LogP contribution in [0.2, 0.25) is 6.55 Å². The molecule has 2 nitrogen and oxygen atoms in total. The molecule has 0 spiro atoms. The summed E-state index contributed by atoms with van der Waals surface area (Å²) in [7, 11) is -0.173. The van der Waals surface area contributed by atoms with Gasteiger partial charge in [-0.3, -0.25) is 4.79 Å². The van der Waals surface area contributed by atoms with Gasteiger partial charge in [0.1, 0.15) is 9.68 Å². The molecule has 1 fully saturated rings. The minimum atomic E-state index is -0.173. The molecule has 0 radical (unpaired) electrons. The third-order valence-electron chi connectivity index (χ3n) is 1.55. The molecule has 1 amide bonds. The summed E-state index contributed by atoms with van der Waals surface area (Å²) in [5, 5.41) is 0. The lowest BCUT2D eigenvalue weighted by Gasteiger charge is -2.10. The molecule has 0 aromatic carbocycles. The van der Waals surface area contributed by atoms with Gasteiger partial charge in [-0.15, -0.1) is 0 Å². The average Bonchev–Trinajstić information content (AvgIpc) is 2.14. The summed E-state index contributed by atoms with van der Waals surface area (Å²) in [6.45, 7) is 3.20. The molecule has 1 rings (SSSR count). The molecule has 0 unspecified atom stereocenters. The van der Waals surface area contributed by atoms with Gasteiger partial charge in [0.25, 0.3) is 0 Å². The van der Waals surface area contributed by atoms with Crippen LogP contribution in [0.25, 0.3) is 0 Å². The number of carbonyl (C=O) groups is 1. The quantitative estimate of drug-likeness (QED) is 0.447. The first kappa shape index (κ1) is 5.82. The number of hydrogen-bond acceptors (Lipinski definition) is 1. The van der Waals surface area contributed by atoms with Gasteiger partial charge in [0.2, 0.25) is 5.91 Å². The van der Waals surface area contributed by atoms with Crippen LogP contribution in [-0.2, 0) is 4.79 Å². The molecule has 1 saturated heterocycles. The summed E-state index contributed by atoms with van der Waals surface area (Å²) < 4.78 is 2.03. The van der Waals surface area contributed by atoms with Crippen molar-refractivity contribution in [3.63, 3.8) is 0 Å². The van der Waals surface area contributed by atoms with Crippen molar-refractivity contribution in [2.45, 2.75) is 19.4 Å². The van der Waals surface area contributed by atoms with Crippen molar-refractivity contribution in [1.82, 2.24) is 4.57 Å². The van der Waals surface area contributed by atoms with E-state index in [4.69, 9.17) is 0 Å². The average molecular weight is 129 g/mol. The topological polar surface area (TPSA) is 20.3 Å². The largest absolute Gasteiger partial charge is 0.375 e. The van der Waals surface area contributed by atoms with Gasteiger partial charge in [0.15, 0.2) is 0 Å². The van der Waals surface area contributed by atoms with E-state index in [-0.39, 0.29) is 9.68 Å². The lowest BCUT2D eigenvalue weighted by molar-refractivity contribution is -0.123. The molecule has 1 aliphatic rings. The normalized spacial score (nSPS) is 21.6. The molecule has 0 aliphatic carbocycles. The van der Waals surface area contributed by atoms with Crippen molar-refractivity contribution < 1.29 is 4.79 Å². The van der Waals surface area contributed by atoms with E-state index in [0.29, 0.717) is 5.91 Å². The van der Waals surface area contributed by atoms with Crippen molar-refractivity contribution in [1.29, 1.82) is 0 Å². The van der Waals surface area contributed by atoms with Gasteiger partial charge in [-0.05, 0) is 6.42 Å². The molecule has 1 heterocycles. The van der Waals surface area contributed by atoms with Crippen molar-refractivity contribution >= 4 is 15.6 Å². The van der Waals surface area contributed by atoms with Crippen LogP contribution in [0.5, 0.6) is 0 Å². The zero-order valence-corrected chi connectivity index (χ0v) is 6.60. The molecule has 0 aromatic heterocycles. The Bertz CT molecular complexity index is 105. The van der Waals surface area contributed by atoms with Crippen LogP contribution in [0.1, 0.15) is 12.8 Å². The van der Waals surface area contributed by atoms with Crippen molar-refractivity contribution in [3.8, 4) is 0 Å². The number of amides is 1. The molecule has 46 valence electrons. The third kappa shape index (κ3) is 0.915. The Morgan fingerprint density at radius 3 is 2.75 bits per heavy atom. The first-order valence-electron chi connectivity index (χ1n) is 3.12. The van der Waals surface area contributed by atoms with E-state index in [1.165, 1.54) is 0 Å². The number of hydrogen-bond donors (Lipinski definition) is 0. The van der Waals surface area contributed by atoms with Crippen LogP contribution in [0.4, 0.5) is 0 Å². The van der Waals surface area contributed by atoms with Gasteiger partial charge in [-0.2, -0.15) is 0 Å². The molecule has 3 heteroatoms. The minimum Gasteiger partial charge on any atom is -0.375 e. The highest BCUT2D eigenvalue weighted by Crippen LogP contribution is 2.06. The van der Waals surface area contributed by atoms with Gasteiger partial charge < -0.3 is 4.57 Å². The first-order chi connectivity index (χ1) is 3.84. The van der Waals surface area contributed by atoms with Crippen molar-refractivity contribution in [2.75, 3.05) is 6.54 Å².